The van der Waals surface area contributed by atoms with Crippen LogP contribution >= 0.6 is 0 Å². The minimum atomic E-state index is -6.00. The van der Waals surface area contributed by atoms with Crippen molar-refractivity contribution in [2.75, 3.05) is 6.61 Å². The van der Waals surface area contributed by atoms with E-state index in [0.717, 1.165) is 11.1 Å². The van der Waals surface area contributed by atoms with Crippen molar-refractivity contribution in [2.24, 2.45) is 0 Å². The standard InChI is InChI=1S/C9H10O.3CH2O.7BF4.Mo/c1-8(7-10)9-5-3-2-4-6-9;3*1-2;7*2-1(3,4)5;/h2-6,10H,1,7H2;3*1H2;;;;;;;;/q;;;;7*-1;/p+1. The zero-order valence-corrected chi connectivity index (χ0v) is 26.2. The molecule has 0 aliphatic rings. The molecule has 0 aliphatic carbocycles. The zero-order valence-electron chi connectivity index (χ0n) is 24.2. The molecule has 0 spiro atoms. The van der Waals surface area contributed by atoms with Gasteiger partial charge in [0, 0.05) is 26.6 Å². The summed E-state index contributed by atoms with van der Waals surface area (Å²) in [4.78, 5) is 24.0. The van der Waals surface area contributed by atoms with Crippen LogP contribution < -0.4 is 0 Å². The van der Waals surface area contributed by atoms with Crippen molar-refractivity contribution in [3.63, 3.8) is 0 Å². The van der Waals surface area contributed by atoms with Crippen molar-refractivity contribution in [1.82, 2.24) is 0 Å². The summed E-state index contributed by atoms with van der Waals surface area (Å²) in [6.07, 6.45) is 0. The fraction of sp³-hybridized carbons (Fsp3) is 0.0833. The maximum Gasteiger partial charge on any atom is 0.673 e. The first kappa shape index (κ1) is 78.3. The van der Waals surface area contributed by atoms with Crippen molar-refractivity contribution >= 4 is 76.7 Å². The summed E-state index contributed by atoms with van der Waals surface area (Å²) in [6, 6.07) is 9.81. The van der Waals surface area contributed by atoms with E-state index in [9.17, 15) is 121 Å². The molecule has 1 aromatic carbocycles. The fourth-order valence-corrected chi connectivity index (χ4v) is 0.776. The van der Waals surface area contributed by atoms with Gasteiger partial charge in [-0.2, -0.15) is 0 Å². The molecule has 2 N–H and O–H groups in total. The molecule has 0 heterocycles. The van der Waals surface area contributed by atoms with E-state index in [1.165, 1.54) is 0 Å². The Morgan fingerprint density at radius 1 is 0.385 bits per heavy atom. The molecule has 0 unspecified atom stereocenters. The largest absolute Gasteiger partial charge is 0.673 e. The predicted molar refractivity (Wildman–Crippen MR) is 137 cm³/mol. The van der Waals surface area contributed by atoms with Crippen LogP contribution in [0.3, 0.4) is 0 Å². The van der Waals surface area contributed by atoms with Crippen LogP contribution in [-0.2, 0) is 35.4 Å². The minimum Gasteiger partial charge on any atom is -0.442 e. The molecule has 0 saturated heterocycles. The van der Waals surface area contributed by atoms with E-state index in [0.29, 0.717) is 0 Å². The topological polar surface area (TPSA) is 74.1 Å². The number of carbonyl (C=O) groups is 3. The number of hydrogen-bond acceptors (Lipinski definition) is 3. The van der Waals surface area contributed by atoms with Gasteiger partial charge < -0.3 is 140 Å². The van der Waals surface area contributed by atoms with Crippen molar-refractivity contribution in [2.45, 2.75) is 0 Å². The van der Waals surface area contributed by atoms with Gasteiger partial charge in [0.1, 0.15) is 20.4 Å². The van der Waals surface area contributed by atoms with Gasteiger partial charge in [-0.3, -0.25) is 0 Å². The Morgan fingerprint density at radius 2 is 0.500 bits per heavy atom. The van der Waals surface area contributed by atoms with Crippen molar-refractivity contribution in [3.8, 4) is 0 Å². The Labute approximate surface area is 287 Å². The smallest absolute Gasteiger partial charge is 0.442 e. The second-order valence-corrected chi connectivity index (χ2v) is 5.61. The first-order valence-corrected chi connectivity index (χ1v) is 10.2. The Balaban J connectivity index is -0.0000000407. The molecule has 52 heavy (non-hydrogen) atoms. The third-order valence-corrected chi connectivity index (χ3v) is 1.40. The van der Waals surface area contributed by atoms with E-state index < -0.39 is 50.8 Å². The quantitative estimate of drug-likeness (QED) is 0.169. The second kappa shape index (κ2) is 40.9. The zero-order chi connectivity index (χ0) is 44.9. The van der Waals surface area contributed by atoms with Gasteiger partial charge in [0.05, 0.1) is 0 Å². The predicted octanol–water partition coefficient (Wildman–Crippen LogP) is 9.97. The van der Waals surface area contributed by atoms with Gasteiger partial charge in [0.15, 0.2) is 6.61 Å². The summed E-state index contributed by atoms with van der Waals surface area (Å²) in [5, 5.41) is 7.05. The fourth-order valence-electron chi connectivity index (χ4n) is 0.776. The van der Waals surface area contributed by atoms with Crippen LogP contribution in [0.5, 0.6) is 0 Å². The first-order chi connectivity index (χ1) is 21.8. The molecule has 1 rings (SSSR count). The molecule has 0 fully saturated rings. The number of hydrogen-bond donors (Lipinski definition) is 0. The van der Waals surface area contributed by atoms with E-state index in [1.54, 1.807) is 0 Å². The molecule has 0 radical (unpaired) electrons. The first-order valence-electron chi connectivity index (χ1n) is 10.2. The number of benzene rings is 1. The van der Waals surface area contributed by atoms with Gasteiger partial charge in [0.2, 0.25) is 0 Å². The van der Waals surface area contributed by atoms with Crippen LogP contribution in [0.25, 0.3) is 5.57 Å². The van der Waals surface area contributed by atoms with Gasteiger partial charge in [-0.05, 0) is 5.56 Å². The molecule has 0 amide bonds. The Hall–Kier alpha value is -2.89. The van der Waals surface area contributed by atoms with Crippen molar-refractivity contribution in [1.29, 1.82) is 0 Å². The van der Waals surface area contributed by atoms with Crippen molar-refractivity contribution in [3.05, 3.63) is 42.5 Å². The van der Waals surface area contributed by atoms with Gasteiger partial charge in [-0.1, -0.05) is 36.9 Å². The monoisotopic (exact) mass is 932 g/mol. The number of carbonyl (C=O) groups excluding carboxylic acids is 3. The summed E-state index contributed by atoms with van der Waals surface area (Å²) < 4.78 is 273. The minimum absolute atomic E-state index is 0. The summed E-state index contributed by atoms with van der Waals surface area (Å²) >= 11 is 0. The van der Waals surface area contributed by atoms with E-state index >= 15 is 0 Å². The Bertz CT molecular complexity index is 697. The summed E-state index contributed by atoms with van der Waals surface area (Å²) in [5.74, 6) is 0. The maximum atomic E-state index is 9.75. The van der Waals surface area contributed by atoms with Crippen LogP contribution in [0.1, 0.15) is 5.56 Å². The molecular weight excluding hydrogens is 912 g/mol. The van der Waals surface area contributed by atoms with Gasteiger partial charge >= 0.3 is 50.8 Å². The van der Waals surface area contributed by atoms with Crippen LogP contribution in [0, 0.1) is 0 Å². The normalized spacial score (nSPS) is 10.1. The molecule has 4 nitrogen and oxygen atoms in total. The summed E-state index contributed by atoms with van der Waals surface area (Å²) in [5.41, 5.74) is 1.94. The van der Waals surface area contributed by atoms with Gasteiger partial charge in [-0.25, -0.2) is 0 Å². The molecule has 318 valence electrons. The molecule has 0 aliphatic heterocycles. The van der Waals surface area contributed by atoms with Crippen LogP contribution in [0.4, 0.5) is 121 Å². The van der Waals surface area contributed by atoms with Crippen molar-refractivity contribution < 1.29 is 161 Å². The SMILES string of the molecule is C=C(C[OH2+])c1ccccc1.C=O.C=O.C=O.F[B-](F)(F)F.F[B-](F)(F)F.F[B-](F)(F)F.F[B-](F)(F)F.F[B-](F)(F)F.F[B-](F)(F)F.F[B-](F)(F)F.[Mo]. The maximum absolute atomic E-state index is 9.75. The molecule has 0 aromatic heterocycles. The van der Waals surface area contributed by atoms with Crippen LogP contribution in [-0.4, -0.2) is 82.9 Å². The second-order valence-electron chi connectivity index (χ2n) is 5.61. The van der Waals surface area contributed by atoms with E-state index in [2.05, 4.69) is 6.58 Å². The van der Waals surface area contributed by atoms with Crippen LogP contribution in [0.15, 0.2) is 36.9 Å². The van der Waals surface area contributed by atoms with Gasteiger partial charge in [0.25, 0.3) is 0 Å². The summed E-state index contributed by atoms with van der Waals surface area (Å²) in [7, 11) is -42.0. The average molecular weight is 929 g/mol. The molecule has 0 bridgehead atoms. The summed E-state index contributed by atoms with van der Waals surface area (Å²) in [6.45, 7) is 10.0. The molecule has 1 aromatic rings. The number of halogens is 28. The molecular formula is C12H17B7F28MoO4-6. The third-order valence-electron chi connectivity index (χ3n) is 1.40. The van der Waals surface area contributed by atoms with Gasteiger partial charge in [-0.15, -0.1) is 0 Å². The van der Waals surface area contributed by atoms with E-state index in [1.807, 2.05) is 50.7 Å². The third kappa shape index (κ3) is 811. The van der Waals surface area contributed by atoms with E-state index in [4.69, 9.17) is 19.5 Å². The Kier molecular flexibility index (Phi) is 61.5. The van der Waals surface area contributed by atoms with Crippen LogP contribution in [0.2, 0.25) is 0 Å². The Morgan fingerprint density at radius 3 is 0.596 bits per heavy atom. The number of rotatable bonds is 2. The average Bonchev–Trinajstić information content (AvgIpc) is 2.81. The molecule has 0 saturated carbocycles. The van der Waals surface area contributed by atoms with E-state index in [-0.39, 0.29) is 27.7 Å². The molecule has 0 atom stereocenters. The molecule has 40 heteroatoms.